The second-order valence-electron chi connectivity index (χ2n) is 5.52. The van der Waals surface area contributed by atoms with Crippen molar-refractivity contribution in [2.45, 2.75) is 25.8 Å². The highest BCUT2D eigenvalue weighted by atomic mass is 16.5. The van der Waals surface area contributed by atoms with Gasteiger partial charge in [-0.25, -0.2) is 9.98 Å². The molecular weight excluding hydrogens is 272 g/mol. The van der Waals surface area contributed by atoms with Crippen molar-refractivity contribution >= 4 is 24.1 Å². The van der Waals surface area contributed by atoms with Crippen molar-refractivity contribution in [3.05, 3.63) is 11.3 Å². The Hall–Kier alpha value is -2.02. The molecule has 2 heterocycles. The largest absolute Gasteiger partial charge is 0.446 e. The molecule has 1 atom stereocenters. The van der Waals surface area contributed by atoms with Crippen molar-refractivity contribution in [1.29, 1.82) is 0 Å². The van der Waals surface area contributed by atoms with Crippen LogP contribution in [0.2, 0.25) is 0 Å². The number of likely N-dealkylation sites (N-methyl/N-ethyl adjacent to an activating group) is 1. The molecule has 1 N–H and O–H groups in total. The fourth-order valence-corrected chi connectivity index (χ4v) is 2.57. The zero-order chi connectivity index (χ0) is 15.0. The maximum atomic E-state index is 12.3. The Kier molecular flexibility index (Phi) is 3.59. The van der Waals surface area contributed by atoms with Gasteiger partial charge in [-0.3, -0.25) is 9.59 Å². The quantitative estimate of drug-likeness (QED) is 0.777. The van der Waals surface area contributed by atoms with Gasteiger partial charge >= 0.3 is 0 Å². The first-order chi connectivity index (χ1) is 10.1. The van der Waals surface area contributed by atoms with Crippen molar-refractivity contribution in [3.8, 4) is 0 Å². The molecule has 0 aromatic carbocycles. The van der Waals surface area contributed by atoms with Crippen LogP contribution in [0.5, 0.6) is 0 Å². The van der Waals surface area contributed by atoms with Gasteiger partial charge in [0, 0.05) is 19.1 Å². The lowest BCUT2D eigenvalue weighted by Gasteiger charge is -2.16. The fraction of sp³-hybridized carbons (Fsp3) is 0.571. The van der Waals surface area contributed by atoms with Crippen LogP contribution in [0.1, 0.15) is 19.8 Å². The Labute approximate surface area is 122 Å². The number of aliphatic imine (C=N–C) groups is 2. The number of nitrogens with zero attached hydrogens (tertiary/aromatic N) is 3. The molecule has 7 nitrogen and oxygen atoms in total. The number of carbonyl (C=O) groups excluding carboxylic acids is 2. The number of rotatable bonds is 5. The van der Waals surface area contributed by atoms with Crippen molar-refractivity contribution < 1.29 is 14.3 Å². The second-order valence-corrected chi connectivity index (χ2v) is 5.52. The molecule has 0 saturated heterocycles. The maximum absolute atomic E-state index is 12.3. The number of ether oxygens (including phenoxy) is 1. The molecule has 0 radical (unpaired) electrons. The summed E-state index contributed by atoms with van der Waals surface area (Å²) in [5, 5.41) is 2.84. The van der Waals surface area contributed by atoms with Gasteiger partial charge < -0.3 is 15.0 Å². The molecule has 1 fully saturated rings. The van der Waals surface area contributed by atoms with Crippen molar-refractivity contribution in [2.75, 3.05) is 20.1 Å². The number of carbonyl (C=O) groups is 2. The van der Waals surface area contributed by atoms with E-state index in [1.807, 2.05) is 0 Å². The molecule has 0 aromatic rings. The topological polar surface area (TPSA) is 83.4 Å². The van der Waals surface area contributed by atoms with Crippen LogP contribution in [0.25, 0.3) is 0 Å². The fourth-order valence-electron chi connectivity index (χ4n) is 2.57. The molecule has 2 aliphatic heterocycles. The van der Waals surface area contributed by atoms with Crippen LogP contribution in [-0.2, 0) is 14.3 Å². The Balaban J connectivity index is 1.61. The van der Waals surface area contributed by atoms with Crippen LogP contribution < -0.4 is 5.32 Å². The van der Waals surface area contributed by atoms with Gasteiger partial charge in [0.2, 0.25) is 5.90 Å². The van der Waals surface area contributed by atoms with Gasteiger partial charge in [0.05, 0.1) is 5.57 Å². The standard InChI is InChI=1S/C14H18N4O3/c1-8-10(11-13(20)16-7-17-14(11)21-8)12(19)15-5-6-18(2)9-3-4-9/h7,9,11H,3-6H2,1-2H3,(H,15,19). The first-order valence-electron chi connectivity index (χ1n) is 7.09. The third kappa shape index (κ3) is 2.73. The summed E-state index contributed by atoms with van der Waals surface area (Å²) in [6.07, 6.45) is 3.63. The minimum Gasteiger partial charge on any atom is -0.446 e. The van der Waals surface area contributed by atoms with E-state index in [0.29, 0.717) is 23.9 Å². The highest BCUT2D eigenvalue weighted by molar-refractivity contribution is 6.18. The van der Waals surface area contributed by atoms with E-state index in [2.05, 4.69) is 27.2 Å². The van der Waals surface area contributed by atoms with E-state index < -0.39 is 11.8 Å². The average molecular weight is 290 g/mol. The number of hydrogen-bond acceptors (Lipinski definition) is 5. The first kappa shape index (κ1) is 13.9. The predicted molar refractivity (Wildman–Crippen MR) is 76.9 cm³/mol. The van der Waals surface area contributed by atoms with Crippen LogP contribution in [0.3, 0.4) is 0 Å². The molecule has 2 amide bonds. The molecule has 21 heavy (non-hydrogen) atoms. The minimum atomic E-state index is -0.781. The third-order valence-electron chi connectivity index (χ3n) is 3.95. The van der Waals surface area contributed by atoms with Crippen molar-refractivity contribution in [2.24, 2.45) is 15.9 Å². The average Bonchev–Trinajstić information content (AvgIpc) is 3.22. The van der Waals surface area contributed by atoms with E-state index in [9.17, 15) is 9.59 Å². The second kappa shape index (κ2) is 5.40. The van der Waals surface area contributed by atoms with Gasteiger partial charge in [0.15, 0.2) is 5.92 Å². The van der Waals surface area contributed by atoms with E-state index in [1.165, 1.54) is 12.8 Å². The summed E-state index contributed by atoms with van der Waals surface area (Å²) in [7, 11) is 2.05. The number of amides is 2. The molecule has 1 saturated carbocycles. The van der Waals surface area contributed by atoms with Crippen LogP contribution in [-0.4, -0.2) is 55.1 Å². The molecule has 112 valence electrons. The maximum Gasteiger partial charge on any atom is 0.264 e. The minimum absolute atomic E-state index is 0.243. The number of fused-ring (bicyclic) bond motifs is 1. The molecule has 7 heteroatoms. The van der Waals surface area contributed by atoms with Crippen LogP contribution in [0.15, 0.2) is 21.3 Å². The lowest BCUT2D eigenvalue weighted by Crippen LogP contribution is -2.37. The molecule has 1 unspecified atom stereocenters. The van der Waals surface area contributed by atoms with Gasteiger partial charge in [-0.15, -0.1) is 0 Å². The molecule has 1 aliphatic carbocycles. The summed E-state index contributed by atoms with van der Waals surface area (Å²) >= 11 is 0. The summed E-state index contributed by atoms with van der Waals surface area (Å²) in [6.45, 7) is 3.00. The monoisotopic (exact) mass is 290 g/mol. The summed E-state index contributed by atoms with van der Waals surface area (Å²) in [5.41, 5.74) is 0.324. The Bertz CT molecular complexity index is 575. The summed E-state index contributed by atoms with van der Waals surface area (Å²) in [4.78, 5) is 33.9. The lowest BCUT2D eigenvalue weighted by molar-refractivity contribution is -0.122. The van der Waals surface area contributed by atoms with Gasteiger partial charge in [-0.2, -0.15) is 0 Å². The van der Waals surface area contributed by atoms with Gasteiger partial charge in [-0.1, -0.05) is 0 Å². The van der Waals surface area contributed by atoms with E-state index >= 15 is 0 Å². The molecule has 3 rings (SSSR count). The number of hydrogen-bond donors (Lipinski definition) is 1. The predicted octanol–water partition coefficient (Wildman–Crippen LogP) is 0.0842. The van der Waals surface area contributed by atoms with Crippen LogP contribution in [0.4, 0.5) is 0 Å². The number of allylic oxidation sites excluding steroid dienone is 1. The number of nitrogens with one attached hydrogen (secondary N) is 1. The Morgan fingerprint density at radius 2 is 2.29 bits per heavy atom. The SMILES string of the molecule is CC1=C(C(=O)NCCN(C)C2CC2)C2C(=O)N=CN=C2O1. The van der Waals surface area contributed by atoms with Crippen molar-refractivity contribution in [3.63, 3.8) is 0 Å². The van der Waals surface area contributed by atoms with Crippen LogP contribution >= 0.6 is 0 Å². The highest BCUT2D eigenvalue weighted by Gasteiger charge is 2.42. The zero-order valence-electron chi connectivity index (χ0n) is 12.1. The molecule has 0 spiro atoms. The summed E-state index contributed by atoms with van der Waals surface area (Å²) in [5.74, 6) is -0.802. The van der Waals surface area contributed by atoms with Crippen molar-refractivity contribution in [1.82, 2.24) is 10.2 Å². The van der Waals surface area contributed by atoms with E-state index in [4.69, 9.17) is 4.74 Å². The van der Waals surface area contributed by atoms with Gasteiger partial charge in [0.25, 0.3) is 11.8 Å². The molecule has 0 bridgehead atoms. The Morgan fingerprint density at radius 3 is 3.00 bits per heavy atom. The summed E-state index contributed by atoms with van der Waals surface area (Å²) < 4.78 is 5.39. The molecule has 3 aliphatic rings. The molecule has 0 aromatic heterocycles. The molecular formula is C14H18N4O3. The lowest BCUT2D eigenvalue weighted by atomic mass is 9.98. The van der Waals surface area contributed by atoms with E-state index in [1.54, 1.807) is 6.92 Å². The first-order valence-corrected chi connectivity index (χ1v) is 7.09. The smallest absolute Gasteiger partial charge is 0.264 e. The third-order valence-corrected chi connectivity index (χ3v) is 3.95. The zero-order valence-corrected chi connectivity index (χ0v) is 12.1. The normalized spacial score (nSPS) is 24.0. The van der Waals surface area contributed by atoms with E-state index in [-0.39, 0.29) is 11.8 Å². The highest BCUT2D eigenvalue weighted by Crippen LogP contribution is 2.30. The van der Waals surface area contributed by atoms with Gasteiger partial charge in [-0.05, 0) is 26.8 Å². The van der Waals surface area contributed by atoms with E-state index in [0.717, 1.165) is 12.9 Å². The van der Waals surface area contributed by atoms with Gasteiger partial charge in [0.1, 0.15) is 12.1 Å². The Morgan fingerprint density at radius 1 is 1.52 bits per heavy atom. The van der Waals surface area contributed by atoms with Crippen LogP contribution in [0, 0.1) is 5.92 Å². The summed E-state index contributed by atoms with van der Waals surface area (Å²) in [6, 6.07) is 0.658.